The summed E-state index contributed by atoms with van der Waals surface area (Å²) in [5.74, 6) is 0.0523. The van der Waals surface area contributed by atoms with E-state index in [1.807, 2.05) is 32.9 Å². The highest BCUT2D eigenvalue weighted by Crippen LogP contribution is 2.22. The number of benzene rings is 1. The fourth-order valence-electron chi connectivity index (χ4n) is 2.39. The largest absolute Gasteiger partial charge is 0.353 e. The monoisotopic (exact) mass is 337 g/mol. The molecule has 1 aromatic carbocycles. The van der Waals surface area contributed by atoms with Gasteiger partial charge in [-0.3, -0.25) is 4.79 Å². The fourth-order valence-corrected chi connectivity index (χ4v) is 2.57. The van der Waals surface area contributed by atoms with Crippen molar-refractivity contribution in [2.75, 3.05) is 18.4 Å². The van der Waals surface area contributed by atoms with E-state index in [-0.39, 0.29) is 18.0 Å². The van der Waals surface area contributed by atoms with Crippen molar-refractivity contribution in [3.8, 4) is 0 Å². The van der Waals surface area contributed by atoms with Gasteiger partial charge in [-0.1, -0.05) is 44.5 Å². The zero-order valence-electron chi connectivity index (χ0n) is 13.9. The molecule has 0 radical (unpaired) electrons. The van der Waals surface area contributed by atoms with Gasteiger partial charge in [0.15, 0.2) is 0 Å². The Hall–Kier alpha value is -1.75. The summed E-state index contributed by atoms with van der Waals surface area (Å²) in [4.78, 5) is 26.0. The SMILES string of the molecule is CC(C)(C)C(=O)NC1CCN(C(=O)Nc2ccccc2Cl)CC1. The first-order valence-corrected chi connectivity index (χ1v) is 8.26. The summed E-state index contributed by atoms with van der Waals surface area (Å²) in [7, 11) is 0. The lowest BCUT2D eigenvalue weighted by Crippen LogP contribution is -2.49. The molecule has 1 aliphatic heterocycles. The Morgan fingerprint density at radius 3 is 2.35 bits per heavy atom. The van der Waals surface area contributed by atoms with Crippen LogP contribution < -0.4 is 10.6 Å². The van der Waals surface area contributed by atoms with Crippen LogP contribution in [0.5, 0.6) is 0 Å². The molecule has 1 heterocycles. The molecule has 6 heteroatoms. The predicted molar refractivity (Wildman–Crippen MR) is 92.7 cm³/mol. The van der Waals surface area contributed by atoms with Crippen LogP contribution in [0, 0.1) is 5.41 Å². The third kappa shape index (κ3) is 4.86. The molecule has 2 N–H and O–H groups in total. The van der Waals surface area contributed by atoms with Crippen molar-refractivity contribution < 1.29 is 9.59 Å². The minimum atomic E-state index is -0.390. The van der Waals surface area contributed by atoms with Gasteiger partial charge in [-0.25, -0.2) is 4.79 Å². The Kier molecular flexibility index (Phi) is 5.52. The summed E-state index contributed by atoms with van der Waals surface area (Å²) in [6.45, 7) is 6.92. The van der Waals surface area contributed by atoms with E-state index in [1.54, 1.807) is 17.0 Å². The lowest BCUT2D eigenvalue weighted by Gasteiger charge is -2.33. The zero-order chi connectivity index (χ0) is 17.0. The molecular weight excluding hydrogens is 314 g/mol. The molecule has 23 heavy (non-hydrogen) atoms. The van der Waals surface area contributed by atoms with Gasteiger partial charge in [-0.05, 0) is 25.0 Å². The number of hydrogen-bond acceptors (Lipinski definition) is 2. The maximum atomic E-state index is 12.3. The maximum Gasteiger partial charge on any atom is 0.321 e. The second-order valence-electron chi connectivity index (χ2n) is 6.89. The highest BCUT2D eigenvalue weighted by atomic mass is 35.5. The van der Waals surface area contributed by atoms with Crippen molar-refractivity contribution in [1.82, 2.24) is 10.2 Å². The van der Waals surface area contributed by atoms with E-state index in [4.69, 9.17) is 11.6 Å². The molecule has 0 aliphatic carbocycles. The molecule has 0 unspecified atom stereocenters. The second kappa shape index (κ2) is 7.21. The van der Waals surface area contributed by atoms with Crippen molar-refractivity contribution in [2.45, 2.75) is 39.7 Å². The Bertz CT molecular complexity index is 575. The molecule has 1 aromatic rings. The van der Waals surface area contributed by atoms with Crippen molar-refractivity contribution in [2.24, 2.45) is 5.41 Å². The predicted octanol–water partition coefficient (Wildman–Crippen LogP) is 3.50. The molecule has 2 rings (SSSR count). The van der Waals surface area contributed by atoms with Crippen molar-refractivity contribution in [3.63, 3.8) is 0 Å². The van der Waals surface area contributed by atoms with E-state index >= 15 is 0 Å². The molecule has 0 aromatic heterocycles. The molecule has 5 nitrogen and oxygen atoms in total. The van der Waals surface area contributed by atoms with Crippen LogP contribution in [-0.2, 0) is 4.79 Å². The standard InChI is InChI=1S/C17H24ClN3O2/c1-17(2,3)15(22)19-12-8-10-21(11-9-12)16(23)20-14-7-5-4-6-13(14)18/h4-7,12H,8-11H2,1-3H3,(H,19,22)(H,20,23). The average molecular weight is 338 g/mol. The third-order valence-electron chi connectivity index (χ3n) is 3.91. The van der Waals surface area contributed by atoms with E-state index in [0.29, 0.717) is 23.8 Å². The number of nitrogens with one attached hydrogen (secondary N) is 2. The molecule has 3 amide bonds. The number of carbonyl (C=O) groups excluding carboxylic acids is 2. The van der Waals surface area contributed by atoms with Gasteiger partial charge in [-0.2, -0.15) is 0 Å². The van der Waals surface area contributed by atoms with Crippen LogP contribution in [-0.4, -0.2) is 36.0 Å². The fraction of sp³-hybridized carbons (Fsp3) is 0.529. The molecule has 0 atom stereocenters. The lowest BCUT2D eigenvalue weighted by atomic mass is 9.94. The Morgan fingerprint density at radius 2 is 1.78 bits per heavy atom. The third-order valence-corrected chi connectivity index (χ3v) is 4.24. The lowest BCUT2D eigenvalue weighted by molar-refractivity contribution is -0.129. The van der Waals surface area contributed by atoms with Gasteiger partial charge in [0, 0.05) is 24.5 Å². The smallest absolute Gasteiger partial charge is 0.321 e. The van der Waals surface area contributed by atoms with Gasteiger partial charge >= 0.3 is 6.03 Å². The number of urea groups is 1. The molecule has 1 fully saturated rings. The Labute approximate surface area is 142 Å². The Balaban J connectivity index is 1.83. The number of para-hydroxylation sites is 1. The zero-order valence-corrected chi connectivity index (χ0v) is 14.6. The molecule has 0 bridgehead atoms. The molecule has 1 aliphatic rings. The number of nitrogens with zero attached hydrogens (tertiary/aromatic N) is 1. The molecule has 0 saturated carbocycles. The number of halogens is 1. The van der Waals surface area contributed by atoms with Crippen molar-refractivity contribution in [1.29, 1.82) is 0 Å². The van der Waals surface area contributed by atoms with Crippen molar-refractivity contribution in [3.05, 3.63) is 29.3 Å². The topological polar surface area (TPSA) is 61.4 Å². The Morgan fingerprint density at radius 1 is 1.17 bits per heavy atom. The summed E-state index contributed by atoms with van der Waals surface area (Å²) >= 11 is 6.05. The number of piperidine rings is 1. The highest BCUT2D eigenvalue weighted by Gasteiger charge is 2.28. The van der Waals surface area contributed by atoms with Gasteiger partial charge in [0.2, 0.25) is 5.91 Å². The van der Waals surface area contributed by atoms with Crippen LogP contribution in [0.25, 0.3) is 0 Å². The van der Waals surface area contributed by atoms with Crippen LogP contribution >= 0.6 is 11.6 Å². The number of anilines is 1. The summed E-state index contributed by atoms with van der Waals surface area (Å²) in [6, 6.07) is 7.14. The van der Waals surface area contributed by atoms with E-state index in [2.05, 4.69) is 10.6 Å². The normalized spacial score (nSPS) is 16.1. The minimum Gasteiger partial charge on any atom is -0.353 e. The second-order valence-corrected chi connectivity index (χ2v) is 7.30. The molecular formula is C17H24ClN3O2. The van der Waals surface area contributed by atoms with Crippen LogP contribution in [0.4, 0.5) is 10.5 Å². The van der Waals surface area contributed by atoms with Crippen LogP contribution in [0.3, 0.4) is 0 Å². The molecule has 126 valence electrons. The highest BCUT2D eigenvalue weighted by molar-refractivity contribution is 6.33. The van der Waals surface area contributed by atoms with Crippen LogP contribution in [0.2, 0.25) is 5.02 Å². The minimum absolute atomic E-state index is 0.0523. The van der Waals surface area contributed by atoms with E-state index in [9.17, 15) is 9.59 Å². The maximum absolute atomic E-state index is 12.3. The quantitative estimate of drug-likeness (QED) is 0.867. The van der Waals surface area contributed by atoms with E-state index < -0.39 is 5.41 Å². The first-order chi connectivity index (χ1) is 10.8. The summed E-state index contributed by atoms with van der Waals surface area (Å²) in [5.41, 5.74) is 0.223. The van der Waals surface area contributed by atoms with Gasteiger partial charge < -0.3 is 15.5 Å². The summed E-state index contributed by atoms with van der Waals surface area (Å²) in [5, 5.41) is 6.41. The number of carbonyl (C=O) groups is 2. The summed E-state index contributed by atoms with van der Waals surface area (Å²) in [6.07, 6.45) is 1.52. The van der Waals surface area contributed by atoms with Gasteiger partial charge in [0.1, 0.15) is 0 Å². The number of amides is 3. The number of rotatable bonds is 2. The number of hydrogen-bond donors (Lipinski definition) is 2. The van der Waals surface area contributed by atoms with E-state index in [1.165, 1.54) is 0 Å². The van der Waals surface area contributed by atoms with Crippen LogP contribution in [0.15, 0.2) is 24.3 Å². The first-order valence-electron chi connectivity index (χ1n) is 7.89. The number of likely N-dealkylation sites (tertiary alicyclic amines) is 1. The summed E-state index contributed by atoms with van der Waals surface area (Å²) < 4.78 is 0. The first kappa shape index (κ1) is 17.6. The van der Waals surface area contributed by atoms with Gasteiger partial charge in [0.05, 0.1) is 10.7 Å². The van der Waals surface area contributed by atoms with Crippen LogP contribution in [0.1, 0.15) is 33.6 Å². The van der Waals surface area contributed by atoms with Crippen molar-refractivity contribution >= 4 is 29.2 Å². The van der Waals surface area contributed by atoms with E-state index in [0.717, 1.165) is 12.8 Å². The average Bonchev–Trinajstić information content (AvgIpc) is 2.49. The molecule has 0 spiro atoms. The van der Waals surface area contributed by atoms with Gasteiger partial charge in [-0.15, -0.1) is 0 Å². The van der Waals surface area contributed by atoms with Gasteiger partial charge in [0.25, 0.3) is 0 Å². The molecule has 1 saturated heterocycles.